The lowest BCUT2D eigenvalue weighted by atomic mass is 10.1. The summed E-state index contributed by atoms with van der Waals surface area (Å²) in [6.07, 6.45) is -1.15. The molecule has 0 aliphatic carbocycles. The molecule has 0 saturated heterocycles. The smallest absolute Gasteiger partial charge is 0.253 e. The second-order valence-electron chi connectivity index (χ2n) is 5.97. The lowest BCUT2D eigenvalue weighted by Crippen LogP contribution is -2.56. The molecule has 12 heteroatoms. The summed E-state index contributed by atoms with van der Waals surface area (Å²) in [5, 5.41) is 8.49. The van der Waals surface area contributed by atoms with Crippen molar-refractivity contribution in [2.75, 3.05) is 26.6 Å². The average molecular weight is 572 g/mol. The first-order chi connectivity index (χ1) is 14.6. The minimum atomic E-state index is -1.91. The fraction of sp³-hybridized carbons (Fsp3) is 0.263. The van der Waals surface area contributed by atoms with E-state index < -0.39 is 15.9 Å². The van der Waals surface area contributed by atoms with Crippen LogP contribution in [0, 0.1) is 0 Å². The number of hydrogen-bond acceptors (Lipinski definition) is 5. The molecule has 0 aliphatic rings. The molecule has 0 spiro atoms. The summed E-state index contributed by atoms with van der Waals surface area (Å²) in [6, 6.07) is 10.2. The molecule has 2 rings (SSSR count). The lowest BCUT2D eigenvalue weighted by Gasteiger charge is -2.28. The molecule has 1 amide bonds. The van der Waals surface area contributed by atoms with E-state index in [1.165, 1.54) is 33.5 Å². The molecule has 0 fully saturated rings. The molecule has 0 radical (unpaired) electrons. The Morgan fingerprint density at radius 2 is 1.55 bits per heavy atom. The number of alkyl halides is 3. The first kappa shape index (κ1) is 25.6. The van der Waals surface area contributed by atoms with E-state index in [-0.39, 0.29) is 10.7 Å². The molecule has 1 atom stereocenters. The number of nitrogens with one attached hydrogen (secondary N) is 3. The van der Waals surface area contributed by atoms with Gasteiger partial charge in [-0.3, -0.25) is 4.79 Å². The molecule has 7 nitrogen and oxygen atoms in total. The van der Waals surface area contributed by atoms with E-state index in [4.69, 9.17) is 61.2 Å². The Hall–Kier alpha value is -1.65. The Morgan fingerprint density at radius 1 is 1.00 bits per heavy atom. The standard InChI is InChI=1S/C19H19BrCl3N3O4S/c1-28-13-8-10(9-14(29-2)15(13)30-3)16(27)25-17(19(21,22)23)26-18(31)24-12-6-4-11(20)5-7-12/h4-9,17H,1-3H3,(H,25,27)(H2,24,26,31). The molecular weight excluding hydrogens is 553 g/mol. The third-order valence-corrected chi connectivity index (χ3v) is 5.31. The number of halogens is 4. The summed E-state index contributed by atoms with van der Waals surface area (Å²) in [6.45, 7) is 0. The molecule has 1 unspecified atom stereocenters. The second kappa shape index (κ2) is 11.3. The van der Waals surface area contributed by atoms with Crippen LogP contribution in [0.15, 0.2) is 40.9 Å². The van der Waals surface area contributed by atoms with Crippen molar-refractivity contribution >= 4 is 79.7 Å². The van der Waals surface area contributed by atoms with Crippen LogP contribution in [-0.2, 0) is 0 Å². The normalized spacial score (nSPS) is 11.8. The third-order valence-electron chi connectivity index (χ3n) is 3.91. The van der Waals surface area contributed by atoms with Crippen molar-refractivity contribution < 1.29 is 19.0 Å². The molecule has 0 aliphatic heterocycles. The van der Waals surface area contributed by atoms with Gasteiger partial charge in [-0.1, -0.05) is 50.7 Å². The van der Waals surface area contributed by atoms with Gasteiger partial charge in [0, 0.05) is 15.7 Å². The zero-order valence-corrected chi connectivity index (χ0v) is 21.3. The third kappa shape index (κ3) is 7.18. The van der Waals surface area contributed by atoms with Crippen LogP contribution in [0.5, 0.6) is 17.2 Å². The number of anilines is 1. The van der Waals surface area contributed by atoms with Gasteiger partial charge in [0.15, 0.2) is 16.6 Å². The van der Waals surface area contributed by atoms with Crippen molar-refractivity contribution in [2.45, 2.75) is 9.96 Å². The highest BCUT2D eigenvalue weighted by molar-refractivity contribution is 9.10. The Balaban J connectivity index is 2.19. The van der Waals surface area contributed by atoms with Gasteiger partial charge in [-0.25, -0.2) is 0 Å². The van der Waals surface area contributed by atoms with Gasteiger partial charge in [0.05, 0.1) is 21.3 Å². The fourth-order valence-corrected chi connectivity index (χ4v) is 3.29. The van der Waals surface area contributed by atoms with Gasteiger partial charge >= 0.3 is 0 Å². The summed E-state index contributed by atoms with van der Waals surface area (Å²) in [5.41, 5.74) is 0.905. The number of methoxy groups -OCH3 is 3. The van der Waals surface area contributed by atoms with Crippen LogP contribution in [0.25, 0.3) is 0 Å². The van der Waals surface area contributed by atoms with Crippen molar-refractivity contribution in [1.29, 1.82) is 0 Å². The Labute approximate surface area is 208 Å². The highest BCUT2D eigenvalue weighted by Gasteiger charge is 2.35. The minimum absolute atomic E-state index is 0.142. The first-order valence-corrected chi connectivity index (χ1v) is 10.9. The van der Waals surface area contributed by atoms with Gasteiger partial charge in [-0.2, -0.15) is 0 Å². The highest BCUT2D eigenvalue weighted by atomic mass is 79.9. The largest absolute Gasteiger partial charge is 0.493 e. The Kier molecular flexibility index (Phi) is 9.32. The number of benzene rings is 2. The molecule has 0 bridgehead atoms. The van der Waals surface area contributed by atoms with Gasteiger partial charge in [0.2, 0.25) is 9.54 Å². The summed E-state index contributed by atoms with van der Waals surface area (Å²) < 4.78 is 14.8. The number of carbonyl (C=O) groups excluding carboxylic acids is 1. The van der Waals surface area contributed by atoms with E-state index in [2.05, 4.69) is 31.9 Å². The van der Waals surface area contributed by atoms with E-state index in [9.17, 15) is 4.79 Å². The van der Waals surface area contributed by atoms with Gasteiger partial charge in [0.1, 0.15) is 6.17 Å². The van der Waals surface area contributed by atoms with Crippen LogP contribution in [0.4, 0.5) is 5.69 Å². The average Bonchev–Trinajstić information content (AvgIpc) is 2.72. The molecule has 2 aromatic rings. The van der Waals surface area contributed by atoms with E-state index in [0.29, 0.717) is 22.9 Å². The monoisotopic (exact) mass is 569 g/mol. The highest BCUT2D eigenvalue weighted by Crippen LogP contribution is 2.38. The van der Waals surface area contributed by atoms with E-state index in [1.807, 2.05) is 12.1 Å². The van der Waals surface area contributed by atoms with Gasteiger partial charge < -0.3 is 30.2 Å². The van der Waals surface area contributed by atoms with Crippen LogP contribution in [0.1, 0.15) is 10.4 Å². The number of rotatable bonds is 7. The number of thiocarbonyl (C=S) groups is 1. The zero-order valence-electron chi connectivity index (χ0n) is 16.6. The molecule has 168 valence electrons. The van der Waals surface area contributed by atoms with Crippen LogP contribution in [0.3, 0.4) is 0 Å². The Morgan fingerprint density at radius 3 is 2.00 bits per heavy atom. The summed E-state index contributed by atoms with van der Waals surface area (Å²) in [5.74, 6) is 0.391. The Bertz CT molecular complexity index is 917. The number of amides is 1. The molecule has 0 aromatic heterocycles. The van der Waals surface area contributed by atoms with Crippen molar-refractivity contribution in [2.24, 2.45) is 0 Å². The van der Waals surface area contributed by atoms with E-state index >= 15 is 0 Å². The maximum atomic E-state index is 12.9. The van der Waals surface area contributed by atoms with Crippen molar-refractivity contribution in [3.63, 3.8) is 0 Å². The quantitative estimate of drug-likeness (QED) is 0.248. The summed E-state index contributed by atoms with van der Waals surface area (Å²) in [4.78, 5) is 12.9. The predicted octanol–water partition coefficient (Wildman–Crippen LogP) is 4.89. The van der Waals surface area contributed by atoms with E-state index in [0.717, 1.165) is 4.47 Å². The van der Waals surface area contributed by atoms with Gasteiger partial charge in [-0.05, 0) is 48.6 Å². The van der Waals surface area contributed by atoms with Gasteiger partial charge in [0.25, 0.3) is 5.91 Å². The number of carbonyl (C=O) groups is 1. The fourth-order valence-electron chi connectivity index (χ4n) is 2.46. The number of hydrogen-bond donors (Lipinski definition) is 3. The second-order valence-corrected chi connectivity index (χ2v) is 9.66. The summed E-state index contributed by atoms with van der Waals surface area (Å²) in [7, 11) is 4.34. The maximum Gasteiger partial charge on any atom is 0.253 e. The molecule has 0 heterocycles. The van der Waals surface area contributed by atoms with E-state index in [1.54, 1.807) is 12.1 Å². The van der Waals surface area contributed by atoms with Crippen LogP contribution >= 0.6 is 63.0 Å². The topological polar surface area (TPSA) is 80.9 Å². The number of ether oxygens (including phenoxy) is 3. The molecule has 31 heavy (non-hydrogen) atoms. The molecular formula is C19H19BrCl3N3O4S. The van der Waals surface area contributed by atoms with Crippen LogP contribution in [-0.4, -0.2) is 42.3 Å². The van der Waals surface area contributed by atoms with Crippen LogP contribution < -0.4 is 30.2 Å². The minimum Gasteiger partial charge on any atom is -0.493 e. The molecule has 2 aromatic carbocycles. The maximum absolute atomic E-state index is 12.9. The molecule has 0 saturated carbocycles. The van der Waals surface area contributed by atoms with Crippen LogP contribution in [0.2, 0.25) is 0 Å². The molecule has 3 N–H and O–H groups in total. The van der Waals surface area contributed by atoms with Crippen molar-refractivity contribution in [1.82, 2.24) is 10.6 Å². The first-order valence-electron chi connectivity index (χ1n) is 8.59. The SMILES string of the molecule is COc1cc(C(=O)NC(NC(=S)Nc2ccc(Br)cc2)C(Cl)(Cl)Cl)cc(OC)c1OC. The van der Waals surface area contributed by atoms with Gasteiger partial charge in [-0.15, -0.1) is 0 Å². The van der Waals surface area contributed by atoms with Crippen molar-refractivity contribution in [3.05, 3.63) is 46.4 Å². The van der Waals surface area contributed by atoms with Crippen molar-refractivity contribution in [3.8, 4) is 17.2 Å². The zero-order chi connectivity index (χ0) is 23.2. The predicted molar refractivity (Wildman–Crippen MR) is 131 cm³/mol. The summed E-state index contributed by atoms with van der Waals surface area (Å²) >= 11 is 26.8. The lowest BCUT2D eigenvalue weighted by molar-refractivity contribution is 0.0933.